The van der Waals surface area contributed by atoms with E-state index in [1.807, 2.05) is 13.8 Å². The Morgan fingerprint density at radius 1 is 0.833 bits per heavy atom. The summed E-state index contributed by atoms with van der Waals surface area (Å²) in [4.78, 5) is 0. The number of hydrogen-bond acceptors (Lipinski definition) is 0. The number of allylic oxidation sites excluding steroid dienone is 4. The Labute approximate surface area is 78.7 Å². The van der Waals surface area contributed by atoms with Crippen LogP contribution in [0, 0.1) is 0 Å². The summed E-state index contributed by atoms with van der Waals surface area (Å²) in [5.74, 6) is 0. The van der Waals surface area contributed by atoms with Crippen LogP contribution in [0.4, 0.5) is 0 Å². The van der Waals surface area contributed by atoms with Gasteiger partial charge in [0.15, 0.2) is 0 Å². The van der Waals surface area contributed by atoms with Crippen LogP contribution >= 0.6 is 0 Å². The number of hydrogen-bond donors (Lipinski definition) is 0. The van der Waals surface area contributed by atoms with Gasteiger partial charge in [0.2, 0.25) is 0 Å². The third kappa shape index (κ3) is 12.0. The van der Waals surface area contributed by atoms with Crippen LogP contribution in [0.15, 0.2) is 36.5 Å². The molecule has 0 spiro atoms. The molecule has 72 valence electrons. The van der Waals surface area contributed by atoms with Crippen molar-refractivity contribution >= 4 is 0 Å². The van der Waals surface area contributed by atoms with Gasteiger partial charge in [0.05, 0.1) is 0 Å². The molecule has 0 aliphatic rings. The highest BCUT2D eigenvalue weighted by molar-refractivity contribution is 5.25. The first-order valence-electron chi connectivity index (χ1n) is 4.48. The standard InChI is InChI=1S/C8H14.C2H6.C2H4/c1-5-7(3)8(4)6-2;2*1-2/h5-6H,1-4H3;1-2H3;1-2H2/b7-5-,8-6-;;. The molecule has 0 aromatic heterocycles. The molecule has 0 aromatic rings. The Balaban J connectivity index is -0.000000175. The molecule has 0 N–H and O–H groups in total. The van der Waals surface area contributed by atoms with Crippen molar-refractivity contribution in [2.45, 2.75) is 41.5 Å². The highest BCUT2D eigenvalue weighted by atomic mass is 13.9. The largest absolute Gasteiger partial charge is 0.106 e. The van der Waals surface area contributed by atoms with Gasteiger partial charge in [0, 0.05) is 0 Å². The highest BCUT2D eigenvalue weighted by Crippen LogP contribution is 2.05. The van der Waals surface area contributed by atoms with Crippen molar-refractivity contribution in [2.24, 2.45) is 0 Å². The van der Waals surface area contributed by atoms with Gasteiger partial charge in [-0.2, -0.15) is 0 Å². The maximum Gasteiger partial charge on any atom is -0.0399 e. The first-order chi connectivity index (χ1) is 5.72. The van der Waals surface area contributed by atoms with Crippen molar-refractivity contribution in [3.8, 4) is 0 Å². The van der Waals surface area contributed by atoms with Crippen LogP contribution in [0.2, 0.25) is 0 Å². The molecule has 0 bridgehead atoms. The molecule has 0 fully saturated rings. The van der Waals surface area contributed by atoms with Crippen molar-refractivity contribution in [3.05, 3.63) is 36.5 Å². The molecule has 12 heavy (non-hydrogen) atoms. The Kier molecular flexibility index (Phi) is 24.1. The van der Waals surface area contributed by atoms with Crippen molar-refractivity contribution < 1.29 is 0 Å². The Hall–Kier alpha value is -0.780. The first-order valence-corrected chi connectivity index (χ1v) is 4.48. The molecule has 0 aliphatic carbocycles. The monoisotopic (exact) mass is 168 g/mol. The summed E-state index contributed by atoms with van der Waals surface area (Å²) in [5, 5.41) is 0. The van der Waals surface area contributed by atoms with Gasteiger partial charge in [-0.25, -0.2) is 0 Å². The molecule has 0 aromatic carbocycles. The average molecular weight is 168 g/mol. The van der Waals surface area contributed by atoms with Gasteiger partial charge in [-0.05, 0) is 27.7 Å². The molecule has 0 nitrogen and oxygen atoms in total. The van der Waals surface area contributed by atoms with Crippen LogP contribution in [-0.2, 0) is 0 Å². The van der Waals surface area contributed by atoms with Gasteiger partial charge in [0.1, 0.15) is 0 Å². The van der Waals surface area contributed by atoms with Crippen LogP contribution in [0.5, 0.6) is 0 Å². The van der Waals surface area contributed by atoms with E-state index in [0.717, 1.165) is 0 Å². The normalized spacial score (nSPS) is 10.5. The van der Waals surface area contributed by atoms with E-state index < -0.39 is 0 Å². The predicted octanol–water partition coefficient (Wildman–Crippen LogP) is 4.75. The number of rotatable bonds is 1. The van der Waals surface area contributed by atoms with Crippen LogP contribution in [0.25, 0.3) is 0 Å². The van der Waals surface area contributed by atoms with Crippen LogP contribution in [-0.4, -0.2) is 0 Å². The lowest BCUT2D eigenvalue weighted by molar-refractivity contribution is 1.31. The summed E-state index contributed by atoms with van der Waals surface area (Å²) in [6.45, 7) is 18.4. The van der Waals surface area contributed by atoms with Crippen LogP contribution in [0.1, 0.15) is 41.5 Å². The second-order valence-corrected chi connectivity index (χ2v) is 1.94. The zero-order chi connectivity index (χ0) is 10.6. The summed E-state index contributed by atoms with van der Waals surface area (Å²) < 4.78 is 0. The third-order valence-electron chi connectivity index (χ3n) is 1.49. The predicted molar refractivity (Wildman–Crippen MR) is 61.5 cm³/mol. The minimum absolute atomic E-state index is 1.37. The van der Waals surface area contributed by atoms with E-state index in [2.05, 4.69) is 53.0 Å². The molecule has 0 radical (unpaired) electrons. The smallest absolute Gasteiger partial charge is 0.0399 e. The van der Waals surface area contributed by atoms with E-state index in [1.54, 1.807) is 0 Å². The minimum atomic E-state index is 1.37. The maximum absolute atomic E-state index is 3.00. The van der Waals surface area contributed by atoms with Crippen LogP contribution < -0.4 is 0 Å². The van der Waals surface area contributed by atoms with E-state index in [4.69, 9.17) is 0 Å². The van der Waals surface area contributed by atoms with E-state index in [1.165, 1.54) is 11.1 Å². The highest BCUT2D eigenvalue weighted by Gasteiger charge is 1.84. The van der Waals surface area contributed by atoms with Gasteiger partial charge in [-0.3, -0.25) is 0 Å². The van der Waals surface area contributed by atoms with Gasteiger partial charge < -0.3 is 0 Å². The van der Waals surface area contributed by atoms with E-state index in [0.29, 0.717) is 0 Å². The summed E-state index contributed by atoms with van der Waals surface area (Å²) >= 11 is 0. The van der Waals surface area contributed by atoms with Crippen molar-refractivity contribution in [1.29, 1.82) is 0 Å². The van der Waals surface area contributed by atoms with Gasteiger partial charge in [-0.15, -0.1) is 13.2 Å². The van der Waals surface area contributed by atoms with Gasteiger partial charge >= 0.3 is 0 Å². The molecule has 0 saturated carbocycles. The second kappa shape index (κ2) is 16.7. The zero-order valence-corrected chi connectivity index (χ0v) is 9.57. The fourth-order valence-electron chi connectivity index (χ4n) is 0.455. The SMILES string of the molecule is C/C=C(C)\C(C)=C/C.C=C.CC. The molecule has 0 rings (SSSR count). The van der Waals surface area contributed by atoms with Gasteiger partial charge in [0.25, 0.3) is 0 Å². The second-order valence-electron chi connectivity index (χ2n) is 1.94. The summed E-state index contributed by atoms with van der Waals surface area (Å²) in [6, 6.07) is 0. The van der Waals surface area contributed by atoms with Crippen molar-refractivity contribution in [2.75, 3.05) is 0 Å². The maximum atomic E-state index is 3.00. The zero-order valence-electron chi connectivity index (χ0n) is 9.57. The van der Waals surface area contributed by atoms with E-state index >= 15 is 0 Å². The minimum Gasteiger partial charge on any atom is -0.106 e. The van der Waals surface area contributed by atoms with E-state index in [9.17, 15) is 0 Å². The molecular weight excluding hydrogens is 144 g/mol. The topological polar surface area (TPSA) is 0 Å². The fourth-order valence-corrected chi connectivity index (χ4v) is 0.455. The summed E-state index contributed by atoms with van der Waals surface area (Å²) in [7, 11) is 0. The molecule has 0 unspecified atom stereocenters. The lowest BCUT2D eigenvalue weighted by Gasteiger charge is -1.95. The molecule has 0 heteroatoms. The van der Waals surface area contributed by atoms with Crippen molar-refractivity contribution in [1.82, 2.24) is 0 Å². The molecule has 0 saturated heterocycles. The van der Waals surface area contributed by atoms with Gasteiger partial charge in [-0.1, -0.05) is 37.1 Å². The molecule has 0 amide bonds. The lowest BCUT2D eigenvalue weighted by Crippen LogP contribution is -1.74. The fraction of sp³-hybridized carbons (Fsp3) is 0.500. The lowest BCUT2D eigenvalue weighted by atomic mass is 10.1. The Morgan fingerprint density at radius 2 is 1.00 bits per heavy atom. The first kappa shape index (κ1) is 17.3. The summed E-state index contributed by atoms with van der Waals surface area (Å²) in [5.41, 5.74) is 2.74. The summed E-state index contributed by atoms with van der Waals surface area (Å²) in [6.07, 6.45) is 4.24. The molecule has 0 atom stereocenters. The average Bonchev–Trinajstić information content (AvgIpc) is 2.21. The molecule has 0 aliphatic heterocycles. The van der Waals surface area contributed by atoms with E-state index in [-0.39, 0.29) is 0 Å². The molecular formula is C12H24. The quantitative estimate of drug-likeness (QED) is 0.391. The van der Waals surface area contributed by atoms with Crippen LogP contribution in [0.3, 0.4) is 0 Å². The Morgan fingerprint density at radius 3 is 1.08 bits per heavy atom. The molecule has 0 heterocycles. The van der Waals surface area contributed by atoms with Crippen molar-refractivity contribution in [3.63, 3.8) is 0 Å². The Bertz CT molecular complexity index is 111. The third-order valence-corrected chi connectivity index (χ3v) is 1.49.